The molecule has 0 fully saturated rings. The molecule has 1 amide bonds. The largest absolute Gasteiger partial charge is 0.396 e. The molecule has 110 valence electrons. The highest BCUT2D eigenvalue weighted by Crippen LogP contribution is 2.20. The zero-order chi connectivity index (χ0) is 13.5. The van der Waals surface area contributed by atoms with Gasteiger partial charge in [0.05, 0.1) is 6.04 Å². The van der Waals surface area contributed by atoms with Crippen molar-refractivity contribution in [2.45, 2.75) is 53.0 Å². The number of amides is 1. The Morgan fingerprint density at radius 2 is 2.00 bits per heavy atom. The fourth-order valence-electron chi connectivity index (χ4n) is 1.49. The van der Waals surface area contributed by atoms with Crippen LogP contribution in [0.1, 0.15) is 47.0 Å². The lowest BCUT2D eigenvalue weighted by atomic mass is 9.89. The third-order valence-corrected chi connectivity index (χ3v) is 3.32. The molecular formula is C13H29ClN2O2. The Balaban J connectivity index is 0. The maximum atomic E-state index is 11.7. The number of carbonyl (C=O) groups excluding carboxylic acids is 1. The van der Waals surface area contributed by atoms with Gasteiger partial charge in [0, 0.05) is 13.2 Å². The van der Waals surface area contributed by atoms with Crippen LogP contribution in [-0.4, -0.2) is 30.2 Å². The Kier molecular flexibility index (Phi) is 10.7. The van der Waals surface area contributed by atoms with E-state index in [1.54, 1.807) is 0 Å². The van der Waals surface area contributed by atoms with E-state index in [9.17, 15) is 4.79 Å². The monoisotopic (exact) mass is 280 g/mol. The zero-order valence-corrected chi connectivity index (χ0v) is 12.8. The van der Waals surface area contributed by atoms with Crippen LogP contribution in [0, 0.1) is 11.3 Å². The number of carbonyl (C=O) groups is 1. The van der Waals surface area contributed by atoms with Crippen LogP contribution in [0.5, 0.6) is 0 Å². The number of hydrogen-bond acceptors (Lipinski definition) is 3. The first-order valence-corrected chi connectivity index (χ1v) is 6.48. The van der Waals surface area contributed by atoms with Crippen LogP contribution < -0.4 is 11.1 Å². The van der Waals surface area contributed by atoms with E-state index in [0.29, 0.717) is 6.54 Å². The third-order valence-electron chi connectivity index (χ3n) is 3.32. The van der Waals surface area contributed by atoms with Crippen LogP contribution >= 0.6 is 12.4 Å². The molecule has 0 saturated carbocycles. The van der Waals surface area contributed by atoms with Crippen molar-refractivity contribution in [3.05, 3.63) is 0 Å². The summed E-state index contributed by atoms with van der Waals surface area (Å²) in [6, 6.07) is -0.411. The first-order chi connectivity index (χ1) is 7.84. The van der Waals surface area contributed by atoms with Crippen LogP contribution in [0.15, 0.2) is 0 Å². The van der Waals surface area contributed by atoms with E-state index < -0.39 is 6.04 Å². The van der Waals surface area contributed by atoms with Gasteiger partial charge < -0.3 is 16.2 Å². The molecular weight excluding hydrogens is 252 g/mol. The van der Waals surface area contributed by atoms with Gasteiger partial charge in [-0.15, -0.1) is 12.4 Å². The minimum Gasteiger partial charge on any atom is -0.396 e. The summed E-state index contributed by atoms with van der Waals surface area (Å²) < 4.78 is 0. The lowest BCUT2D eigenvalue weighted by Crippen LogP contribution is -2.44. The van der Waals surface area contributed by atoms with Gasteiger partial charge in [-0.1, -0.05) is 34.1 Å². The maximum Gasteiger partial charge on any atom is 0.237 e. The van der Waals surface area contributed by atoms with E-state index in [0.717, 1.165) is 19.3 Å². The molecule has 0 aromatic carbocycles. The van der Waals surface area contributed by atoms with Crippen molar-refractivity contribution >= 4 is 18.3 Å². The quantitative estimate of drug-likeness (QED) is 0.592. The van der Waals surface area contributed by atoms with Crippen LogP contribution in [0.3, 0.4) is 0 Å². The molecule has 0 aliphatic rings. The fourth-order valence-corrected chi connectivity index (χ4v) is 1.49. The SMILES string of the molecule is CCC(C)C(N)C(=O)NCCCC(C)(C)CO.Cl. The molecule has 0 aliphatic heterocycles. The molecule has 0 aliphatic carbocycles. The highest BCUT2D eigenvalue weighted by molar-refractivity contribution is 5.85. The molecule has 0 spiro atoms. The molecule has 0 saturated heterocycles. The number of hydrogen-bond donors (Lipinski definition) is 3. The number of halogens is 1. The lowest BCUT2D eigenvalue weighted by Gasteiger charge is -2.22. The van der Waals surface area contributed by atoms with Gasteiger partial charge in [-0.2, -0.15) is 0 Å². The number of rotatable bonds is 8. The van der Waals surface area contributed by atoms with Gasteiger partial charge in [0.25, 0.3) is 0 Å². The predicted octanol–water partition coefficient (Wildman–Crippen LogP) is 1.70. The van der Waals surface area contributed by atoms with Gasteiger partial charge in [0.1, 0.15) is 0 Å². The highest BCUT2D eigenvalue weighted by Gasteiger charge is 2.19. The van der Waals surface area contributed by atoms with Crippen LogP contribution in [0.25, 0.3) is 0 Å². The predicted molar refractivity (Wildman–Crippen MR) is 77.8 cm³/mol. The van der Waals surface area contributed by atoms with Crippen molar-refractivity contribution in [2.75, 3.05) is 13.2 Å². The average Bonchev–Trinajstić information content (AvgIpc) is 2.32. The standard InChI is InChI=1S/C13H28N2O2.ClH/c1-5-10(2)11(14)12(17)15-8-6-7-13(3,4)9-16;/h10-11,16H,5-9,14H2,1-4H3,(H,15,17);1H. The van der Waals surface area contributed by atoms with Gasteiger partial charge in [-0.05, 0) is 24.2 Å². The summed E-state index contributed by atoms with van der Waals surface area (Å²) in [5.41, 5.74) is 5.75. The smallest absolute Gasteiger partial charge is 0.237 e. The van der Waals surface area contributed by atoms with E-state index in [1.165, 1.54) is 0 Å². The molecule has 4 N–H and O–H groups in total. The molecule has 0 bridgehead atoms. The summed E-state index contributed by atoms with van der Waals surface area (Å²) in [5, 5.41) is 11.9. The maximum absolute atomic E-state index is 11.7. The van der Waals surface area contributed by atoms with Crippen molar-refractivity contribution < 1.29 is 9.90 Å². The molecule has 4 nitrogen and oxygen atoms in total. The van der Waals surface area contributed by atoms with Gasteiger partial charge >= 0.3 is 0 Å². The molecule has 0 radical (unpaired) electrons. The first kappa shape index (κ1) is 20.0. The summed E-state index contributed by atoms with van der Waals surface area (Å²) in [5.74, 6) is 0.144. The fraction of sp³-hybridized carbons (Fsp3) is 0.923. The highest BCUT2D eigenvalue weighted by atomic mass is 35.5. The topological polar surface area (TPSA) is 75.4 Å². The molecule has 0 aromatic heterocycles. The Bertz CT molecular complexity index is 235. The molecule has 2 unspecified atom stereocenters. The number of nitrogens with one attached hydrogen (secondary N) is 1. The van der Waals surface area contributed by atoms with Crippen molar-refractivity contribution in [1.29, 1.82) is 0 Å². The van der Waals surface area contributed by atoms with Gasteiger partial charge in [-0.25, -0.2) is 0 Å². The molecule has 0 heterocycles. The van der Waals surface area contributed by atoms with Crippen LogP contribution in [-0.2, 0) is 4.79 Å². The Hall–Kier alpha value is -0.320. The zero-order valence-electron chi connectivity index (χ0n) is 12.0. The molecule has 18 heavy (non-hydrogen) atoms. The van der Waals surface area contributed by atoms with E-state index in [2.05, 4.69) is 5.32 Å². The Morgan fingerprint density at radius 1 is 1.44 bits per heavy atom. The minimum absolute atomic E-state index is 0. The second-order valence-electron chi connectivity index (χ2n) is 5.63. The average molecular weight is 281 g/mol. The molecule has 0 aromatic rings. The second-order valence-corrected chi connectivity index (χ2v) is 5.63. The van der Waals surface area contributed by atoms with Gasteiger partial charge in [0.2, 0.25) is 5.91 Å². The summed E-state index contributed by atoms with van der Waals surface area (Å²) in [6.07, 6.45) is 2.67. The van der Waals surface area contributed by atoms with E-state index in [-0.39, 0.29) is 36.3 Å². The van der Waals surface area contributed by atoms with E-state index in [1.807, 2.05) is 27.7 Å². The van der Waals surface area contributed by atoms with Crippen molar-refractivity contribution in [1.82, 2.24) is 5.32 Å². The van der Waals surface area contributed by atoms with E-state index in [4.69, 9.17) is 10.8 Å². The van der Waals surface area contributed by atoms with Gasteiger partial charge in [-0.3, -0.25) is 4.79 Å². The first-order valence-electron chi connectivity index (χ1n) is 6.48. The number of aliphatic hydroxyl groups excluding tert-OH is 1. The van der Waals surface area contributed by atoms with Crippen LogP contribution in [0.4, 0.5) is 0 Å². The Morgan fingerprint density at radius 3 is 2.44 bits per heavy atom. The number of aliphatic hydroxyl groups is 1. The third kappa shape index (κ3) is 7.90. The summed E-state index contributed by atoms with van der Waals surface area (Å²) in [7, 11) is 0. The van der Waals surface area contributed by atoms with Gasteiger partial charge in [0.15, 0.2) is 0 Å². The van der Waals surface area contributed by atoms with Crippen molar-refractivity contribution in [2.24, 2.45) is 17.1 Å². The van der Waals surface area contributed by atoms with E-state index >= 15 is 0 Å². The van der Waals surface area contributed by atoms with Crippen LogP contribution in [0.2, 0.25) is 0 Å². The minimum atomic E-state index is -0.411. The normalized spacial score (nSPS) is 14.6. The summed E-state index contributed by atoms with van der Waals surface area (Å²) >= 11 is 0. The molecule has 0 rings (SSSR count). The second kappa shape index (κ2) is 9.59. The molecule has 2 atom stereocenters. The summed E-state index contributed by atoms with van der Waals surface area (Å²) in [6.45, 7) is 8.85. The number of nitrogens with two attached hydrogens (primary N) is 1. The van der Waals surface area contributed by atoms with Crippen molar-refractivity contribution in [3.8, 4) is 0 Å². The molecule has 5 heteroatoms. The summed E-state index contributed by atoms with van der Waals surface area (Å²) in [4.78, 5) is 11.7. The lowest BCUT2D eigenvalue weighted by molar-refractivity contribution is -0.123. The Labute approximate surface area is 117 Å². The van der Waals surface area contributed by atoms with Crippen molar-refractivity contribution in [3.63, 3.8) is 0 Å².